The monoisotopic (exact) mass is 325 g/mol. The molecule has 0 aromatic carbocycles. The molecule has 1 aliphatic heterocycles. The van der Waals surface area contributed by atoms with Gasteiger partial charge in [-0.2, -0.15) is 0 Å². The third-order valence-corrected chi connectivity index (χ3v) is 6.28. The Morgan fingerprint density at radius 1 is 1.22 bits per heavy atom. The standard InChI is InChI=1S/C18H28FNO3/c1-23-17(22)14-12-18(14)7-9-20(10-8-18)16(21)15(19)11-13-5-3-2-4-6-13/h13-15H,2-12H2,1H3/t14-,15-/m1/s1. The second kappa shape index (κ2) is 6.78. The van der Waals surface area contributed by atoms with Gasteiger partial charge in [0.05, 0.1) is 13.0 Å². The summed E-state index contributed by atoms with van der Waals surface area (Å²) >= 11 is 0. The van der Waals surface area contributed by atoms with Crippen molar-refractivity contribution in [3.63, 3.8) is 0 Å². The van der Waals surface area contributed by atoms with Crippen LogP contribution in [0.4, 0.5) is 4.39 Å². The van der Waals surface area contributed by atoms with Gasteiger partial charge in [0.1, 0.15) is 0 Å². The molecule has 1 spiro atoms. The summed E-state index contributed by atoms with van der Waals surface area (Å²) in [5.41, 5.74) is 0.0268. The van der Waals surface area contributed by atoms with Gasteiger partial charge in [-0.15, -0.1) is 0 Å². The van der Waals surface area contributed by atoms with Gasteiger partial charge in [0.25, 0.3) is 5.91 Å². The fourth-order valence-corrected chi connectivity index (χ4v) is 4.56. The molecule has 1 heterocycles. The van der Waals surface area contributed by atoms with Crippen molar-refractivity contribution in [1.29, 1.82) is 0 Å². The van der Waals surface area contributed by atoms with E-state index in [1.807, 2.05) is 0 Å². The predicted molar refractivity (Wildman–Crippen MR) is 84.5 cm³/mol. The van der Waals surface area contributed by atoms with E-state index in [4.69, 9.17) is 4.74 Å². The van der Waals surface area contributed by atoms with Crippen molar-refractivity contribution in [2.24, 2.45) is 17.3 Å². The maximum atomic E-state index is 14.4. The van der Waals surface area contributed by atoms with E-state index in [2.05, 4.69) is 0 Å². The molecule has 3 aliphatic rings. The maximum Gasteiger partial charge on any atom is 0.309 e. The number of methoxy groups -OCH3 is 1. The molecule has 4 nitrogen and oxygen atoms in total. The van der Waals surface area contributed by atoms with Crippen molar-refractivity contribution in [3.8, 4) is 0 Å². The summed E-state index contributed by atoms with van der Waals surface area (Å²) in [7, 11) is 1.42. The Bertz CT molecular complexity index is 453. The Hall–Kier alpha value is -1.13. The Kier molecular flexibility index (Phi) is 4.93. The zero-order valence-electron chi connectivity index (χ0n) is 14.1. The van der Waals surface area contributed by atoms with Gasteiger partial charge in [-0.1, -0.05) is 32.1 Å². The molecule has 1 amide bonds. The first-order valence-corrected chi connectivity index (χ1v) is 9.06. The first-order valence-electron chi connectivity index (χ1n) is 9.06. The summed E-state index contributed by atoms with van der Waals surface area (Å²) in [6.45, 7) is 1.16. The van der Waals surface area contributed by atoms with E-state index in [9.17, 15) is 14.0 Å². The number of ether oxygens (including phenoxy) is 1. The lowest BCUT2D eigenvalue weighted by atomic mass is 9.85. The minimum Gasteiger partial charge on any atom is -0.469 e. The Labute approximate surface area is 137 Å². The van der Waals surface area contributed by atoms with Crippen LogP contribution >= 0.6 is 0 Å². The van der Waals surface area contributed by atoms with E-state index < -0.39 is 6.17 Å². The summed E-state index contributed by atoms with van der Waals surface area (Å²) < 4.78 is 19.2. The predicted octanol–water partition coefficient (Wildman–Crippen LogP) is 3.10. The van der Waals surface area contributed by atoms with Gasteiger partial charge in [0.2, 0.25) is 0 Å². The van der Waals surface area contributed by atoms with Gasteiger partial charge in [0.15, 0.2) is 6.17 Å². The van der Waals surface area contributed by atoms with E-state index in [1.165, 1.54) is 26.4 Å². The summed E-state index contributed by atoms with van der Waals surface area (Å²) in [4.78, 5) is 25.6. The molecule has 2 atom stereocenters. The van der Waals surface area contributed by atoms with Crippen LogP contribution in [0.2, 0.25) is 0 Å². The van der Waals surface area contributed by atoms with Crippen LogP contribution in [0.1, 0.15) is 57.8 Å². The van der Waals surface area contributed by atoms with Crippen molar-refractivity contribution in [2.45, 2.75) is 64.0 Å². The molecule has 0 N–H and O–H groups in total. The van der Waals surface area contributed by atoms with Gasteiger partial charge in [-0.3, -0.25) is 9.59 Å². The molecule has 0 unspecified atom stereocenters. The summed E-state index contributed by atoms with van der Waals surface area (Å²) in [6.07, 6.45) is 7.24. The van der Waals surface area contributed by atoms with Crippen molar-refractivity contribution < 1.29 is 18.7 Å². The number of amides is 1. The van der Waals surface area contributed by atoms with Crippen LogP contribution in [-0.4, -0.2) is 43.1 Å². The van der Waals surface area contributed by atoms with Crippen molar-refractivity contribution in [2.75, 3.05) is 20.2 Å². The van der Waals surface area contributed by atoms with Gasteiger partial charge in [0, 0.05) is 13.1 Å². The number of carbonyl (C=O) groups excluding carboxylic acids is 2. The molecule has 0 aromatic rings. The second-order valence-corrected chi connectivity index (χ2v) is 7.67. The Morgan fingerprint density at radius 3 is 2.48 bits per heavy atom. The third kappa shape index (κ3) is 3.53. The topological polar surface area (TPSA) is 46.6 Å². The first kappa shape index (κ1) is 16.7. The van der Waals surface area contributed by atoms with E-state index in [-0.39, 0.29) is 23.2 Å². The number of rotatable bonds is 4. The highest BCUT2D eigenvalue weighted by molar-refractivity contribution is 5.81. The van der Waals surface area contributed by atoms with Crippen LogP contribution in [0.5, 0.6) is 0 Å². The van der Waals surface area contributed by atoms with Crippen LogP contribution in [0, 0.1) is 17.3 Å². The molecule has 1 saturated heterocycles. The van der Waals surface area contributed by atoms with Crippen LogP contribution in [-0.2, 0) is 14.3 Å². The minimum absolute atomic E-state index is 0.00633. The molecular weight excluding hydrogens is 297 g/mol. The zero-order valence-corrected chi connectivity index (χ0v) is 14.1. The molecule has 0 radical (unpaired) electrons. The molecule has 5 heteroatoms. The lowest BCUT2D eigenvalue weighted by Gasteiger charge is -2.34. The fourth-order valence-electron chi connectivity index (χ4n) is 4.56. The molecular formula is C18H28FNO3. The fraction of sp³-hybridized carbons (Fsp3) is 0.889. The molecule has 0 bridgehead atoms. The Morgan fingerprint density at radius 2 is 1.87 bits per heavy atom. The Balaban J connectivity index is 1.46. The number of halogens is 1. The first-order chi connectivity index (χ1) is 11.1. The summed E-state index contributed by atoms with van der Waals surface area (Å²) in [6, 6.07) is 0. The zero-order chi connectivity index (χ0) is 16.4. The number of hydrogen-bond acceptors (Lipinski definition) is 3. The van der Waals surface area contributed by atoms with Crippen LogP contribution in [0.3, 0.4) is 0 Å². The lowest BCUT2D eigenvalue weighted by molar-refractivity contribution is -0.143. The van der Waals surface area contributed by atoms with E-state index >= 15 is 0 Å². The molecule has 23 heavy (non-hydrogen) atoms. The molecule has 0 aromatic heterocycles. The van der Waals surface area contributed by atoms with E-state index in [1.54, 1.807) is 4.90 Å². The number of alkyl halides is 1. The highest BCUT2D eigenvalue weighted by atomic mass is 19.1. The molecule has 130 valence electrons. The number of carbonyl (C=O) groups is 2. The van der Waals surface area contributed by atoms with Gasteiger partial charge in [-0.25, -0.2) is 4.39 Å². The van der Waals surface area contributed by atoms with Crippen molar-refractivity contribution >= 4 is 11.9 Å². The normalized spacial score (nSPS) is 28.4. The summed E-state index contributed by atoms with van der Waals surface area (Å²) in [5, 5.41) is 0. The molecule has 2 saturated carbocycles. The molecule has 3 rings (SSSR count). The van der Waals surface area contributed by atoms with Crippen LogP contribution in [0.15, 0.2) is 0 Å². The number of hydrogen-bond donors (Lipinski definition) is 0. The average molecular weight is 325 g/mol. The smallest absolute Gasteiger partial charge is 0.309 e. The largest absolute Gasteiger partial charge is 0.469 e. The number of nitrogens with zero attached hydrogens (tertiary/aromatic N) is 1. The highest BCUT2D eigenvalue weighted by Crippen LogP contribution is 2.59. The average Bonchev–Trinajstić information content (AvgIpc) is 3.28. The van der Waals surface area contributed by atoms with Crippen LogP contribution < -0.4 is 0 Å². The number of esters is 1. The molecule has 3 fully saturated rings. The number of piperidine rings is 1. The number of likely N-dealkylation sites (tertiary alicyclic amines) is 1. The maximum absolute atomic E-state index is 14.4. The minimum atomic E-state index is -1.34. The second-order valence-electron chi connectivity index (χ2n) is 7.67. The quantitative estimate of drug-likeness (QED) is 0.746. The van der Waals surface area contributed by atoms with E-state index in [0.29, 0.717) is 25.4 Å². The van der Waals surface area contributed by atoms with Crippen LogP contribution in [0.25, 0.3) is 0 Å². The van der Waals surface area contributed by atoms with E-state index in [0.717, 1.165) is 32.1 Å². The SMILES string of the molecule is COC(=O)[C@H]1CC12CCN(C(=O)[C@H](F)CC1CCCCC1)CC2. The van der Waals surface area contributed by atoms with Crippen molar-refractivity contribution in [1.82, 2.24) is 4.90 Å². The third-order valence-electron chi connectivity index (χ3n) is 6.28. The summed E-state index contributed by atoms with van der Waals surface area (Å²) in [5.74, 6) is -0.0923. The highest BCUT2D eigenvalue weighted by Gasteiger charge is 2.59. The van der Waals surface area contributed by atoms with Gasteiger partial charge >= 0.3 is 5.97 Å². The van der Waals surface area contributed by atoms with Gasteiger partial charge < -0.3 is 9.64 Å². The lowest BCUT2D eigenvalue weighted by Crippen LogP contribution is -2.44. The van der Waals surface area contributed by atoms with Gasteiger partial charge in [-0.05, 0) is 37.0 Å². The van der Waals surface area contributed by atoms with Crippen molar-refractivity contribution in [3.05, 3.63) is 0 Å². The molecule has 2 aliphatic carbocycles.